The highest BCUT2D eigenvalue weighted by atomic mass is 35.5. The van der Waals surface area contributed by atoms with Gasteiger partial charge in [0.25, 0.3) is 0 Å². The van der Waals surface area contributed by atoms with Gasteiger partial charge in [-0.3, -0.25) is 0 Å². The largest absolute Gasteiger partial charge is 0.388 e. The lowest BCUT2D eigenvalue weighted by Crippen LogP contribution is -1.98. The van der Waals surface area contributed by atoms with Crippen molar-refractivity contribution in [1.82, 2.24) is 20.2 Å². The molecular formula is C8H7ClN4O. The van der Waals surface area contributed by atoms with Crippen LogP contribution < -0.4 is 0 Å². The van der Waals surface area contributed by atoms with Crippen molar-refractivity contribution in [3.63, 3.8) is 0 Å². The summed E-state index contributed by atoms with van der Waals surface area (Å²) in [5.74, 6) is 0.292. The fourth-order valence-corrected chi connectivity index (χ4v) is 1.12. The number of tetrazole rings is 1. The predicted octanol–water partition coefficient (Wildman–Crippen LogP) is 0.808. The molecule has 2 rings (SSSR count). The van der Waals surface area contributed by atoms with E-state index in [-0.39, 0.29) is 6.61 Å². The molecule has 0 saturated heterocycles. The SMILES string of the molecule is OCc1nnn(-c2ccc(Cl)cc2)n1. The van der Waals surface area contributed by atoms with E-state index in [4.69, 9.17) is 16.7 Å². The molecule has 0 unspecified atom stereocenters. The molecule has 0 amide bonds. The number of rotatable bonds is 2. The van der Waals surface area contributed by atoms with Crippen LogP contribution in [0.2, 0.25) is 5.02 Å². The summed E-state index contributed by atoms with van der Waals surface area (Å²) in [6.45, 7) is -0.215. The Balaban J connectivity index is 2.34. The second kappa shape index (κ2) is 3.73. The van der Waals surface area contributed by atoms with Crippen molar-refractivity contribution in [3.8, 4) is 5.69 Å². The van der Waals surface area contributed by atoms with Crippen LogP contribution in [0.15, 0.2) is 24.3 Å². The van der Waals surface area contributed by atoms with E-state index in [0.29, 0.717) is 10.8 Å². The van der Waals surface area contributed by atoms with Crippen molar-refractivity contribution in [2.75, 3.05) is 0 Å². The molecule has 72 valence electrons. The maximum absolute atomic E-state index is 8.74. The minimum Gasteiger partial charge on any atom is -0.388 e. The smallest absolute Gasteiger partial charge is 0.200 e. The van der Waals surface area contributed by atoms with Crippen LogP contribution in [0.3, 0.4) is 0 Å². The molecule has 0 aliphatic rings. The Kier molecular flexibility index (Phi) is 2.43. The van der Waals surface area contributed by atoms with E-state index in [0.717, 1.165) is 5.69 Å². The molecule has 1 N–H and O–H groups in total. The van der Waals surface area contributed by atoms with Crippen molar-refractivity contribution >= 4 is 11.6 Å². The maximum Gasteiger partial charge on any atom is 0.200 e. The molecule has 5 nitrogen and oxygen atoms in total. The minimum atomic E-state index is -0.215. The fraction of sp³-hybridized carbons (Fsp3) is 0.125. The van der Waals surface area contributed by atoms with Crippen LogP contribution in [0.25, 0.3) is 5.69 Å². The normalized spacial score (nSPS) is 10.4. The summed E-state index contributed by atoms with van der Waals surface area (Å²) >= 11 is 5.73. The van der Waals surface area contributed by atoms with E-state index in [9.17, 15) is 0 Å². The van der Waals surface area contributed by atoms with Crippen molar-refractivity contribution in [3.05, 3.63) is 35.1 Å². The number of aliphatic hydroxyl groups excluding tert-OH is 1. The van der Waals surface area contributed by atoms with Crippen LogP contribution in [0.4, 0.5) is 0 Å². The Morgan fingerprint density at radius 3 is 2.57 bits per heavy atom. The van der Waals surface area contributed by atoms with Crippen LogP contribution in [0.5, 0.6) is 0 Å². The third-order valence-corrected chi connectivity index (χ3v) is 1.91. The minimum absolute atomic E-state index is 0.215. The molecule has 0 atom stereocenters. The first-order valence-electron chi connectivity index (χ1n) is 3.95. The third kappa shape index (κ3) is 1.73. The molecule has 1 aromatic heterocycles. The van der Waals surface area contributed by atoms with E-state index < -0.39 is 0 Å². The van der Waals surface area contributed by atoms with E-state index >= 15 is 0 Å². The highest BCUT2D eigenvalue weighted by molar-refractivity contribution is 6.30. The summed E-state index contributed by atoms with van der Waals surface area (Å²) in [6.07, 6.45) is 0. The fourth-order valence-electron chi connectivity index (χ4n) is 0.990. The first-order chi connectivity index (χ1) is 6.79. The lowest BCUT2D eigenvalue weighted by atomic mass is 10.3. The summed E-state index contributed by atoms with van der Waals surface area (Å²) in [5.41, 5.74) is 0.751. The van der Waals surface area contributed by atoms with Crippen LogP contribution in [0.1, 0.15) is 5.82 Å². The zero-order chi connectivity index (χ0) is 9.97. The summed E-state index contributed by atoms with van der Waals surface area (Å²) in [5, 5.41) is 20.7. The van der Waals surface area contributed by atoms with Gasteiger partial charge in [-0.1, -0.05) is 11.6 Å². The van der Waals surface area contributed by atoms with Gasteiger partial charge in [-0.05, 0) is 29.5 Å². The van der Waals surface area contributed by atoms with Gasteiger partial charge in [-0.2, -0.15) is 0 Å². The monoisotopic (exact) mass is 210 g/mol. The Morgan fingerprint density at radius 1 is 1.29 bits per heavy atom. The molecule has 0 spiro atoms. The average molecular weight is 211 g/mol. The van der Waals surface area contributed by atoms with Gasteiger partial charge < -0.3 is 5.11 Å². The molecule has 0 saturated carbocycles. The molecule has 0 radical (unpaired) electrons. The van der Waals surface area contributed by atoms with Crippen LogP contribution in [-0.4, -0.2) is 25.3 Å². The molecule has 0 fully saturated rings. The van der Waals surface area contributed by atoms with E-state index in [1.807, 2.05) is 0 Å². The topological polar surface area (TPSA) is 63.8 Å². The highest BCUT2D eigenvalue weighted by Crippen LogP contribution is 2.11. The van der Waals surface area contributed by atoms with Crippen LogP contribution >= 0.6 is 11.6 Å². The van der Waals surface area contributed by atoms with E-state index in [1.165, 1.54) is 4.80 Å². The van der Waals surface area contributed by atoms with Crippen LogP contribution in [0, 0.1) is 0 Å². The van der Waals surface area contributed by atoms with Gasteiger partial charge in [0.2, 0.25) is 5.82 Å². The molecule has 2 aromatic rings. The van der Waals surface area contributed by atoms with Crippen molar-refractivity contribution in [2.24, 2.45) is 0 Å². The van der Waals surface area contributed by atoms with Crippen molar-refractivity contribution in [1.29, 1.82) is 0 Å². The Bertz CT molecular complexity index is 425. The molecule has 0 bridgehead atoms. The highest BCUT2D eigenvalue weighted by Gasteiger charge is 2.02. The van der Waals surface area contributed by atoms with Gasteiger partial charge >= 0.3 is 0 Å². The Morgan fingerprint density at radius 2 is 2.00 bits per heavy atom. The predicted molar refractivity (Wildman–Crippen MR) is 50.1 cm³/mol. The van der Waals surface area contributed by atoms with E-state index in [2.05, 4.69) is 15.4 Å². The second-order valence-electron chi connectivity index (χ2n) is 2.63. The van der Waals surface area contributed by atoms with Crippen molar-refractivity contribution in [2.45, 2.75) is 6.61 Å². The molecular weight excluding hydrogens is 204 g/mol. The van der Waals surface area contributed by atoms with Gasteiger partial charge in [0.1, 0.15) is 6.61 Å². The van der Waals surface area contributed by atoms with Gasteiger partial charge in [0.05, 0.1) is 5.69 Å². The average Bonchev–Trinajstić information content (AvgIpc) is 2.67. The second-order valence-corrected chi connectivity index (χ2v) is 3.07. The summed E-state index contributed by atoms with van der Waals surface area (Å²) in [4.78, 5) is 1.34. The number of halogens is 1. The number of benzene rings is 1. The number of hydrogen-bond acceptors (Lipinski definition) is 4. The summed E-state index contributed by atoms with van der Waals surface area (Å²) < 4.78 is 0. The lowest BCUT2D eigenvalue weighted by Gasteiger charge is -1.96. The number of aromatic nitrogens is 4. The Hall–Kier alpha value is -1.46. The zero-order valence-corrected chi connectivity index (χ0v) is 7.89. The standard InChI is InChI=1S/C8H7ClN4O/c9-6-1-3-7(4-2-6)13-11-8(5-14)10-12-13/h1-4,14H,5H2. The summed E-state index contributed by atoms with van der Waals surface area (Å²) in [7, 11) is 0. The molecule has 6 heteroatoms. The van der Waals surface area contributed by atoms with Gasteiger partial charge in [-0.25, -0.2) is 0 Å². The summed E-state index contributed by atoms with van der Waals surface area (Å²) in [6, 6.07) is 7.01. The molecule has 1 heterocycles. The Labute approximate surface area is 84.9 Å². The lowest BCUT2D eigenvalue weighted by molar-refractivity contribution is 0.271. The first-order valence-corrected chi connectivity index (χ1v) is 4.33. The molecule has 0 aliphatic carbocycles. The molecule has 1 aromatic carbocycles. The zero-order valence-electron chi connectivity index (χ0n) is 7.13. The molecule has 0 aliphatic heterocycles. The van der Waals surface area contributed by atoms with E-state index in [1.54, 1.807) is 24.3 Å². The number of nitrogens with zero attached hydrogens (tertiary/aromatic N) is 4. The molecule has 14 heavy (non-hydrogen) atoms. The third-order valence-electron chi connectivity index (χ3n) is 1.65. The van der Waals surface area contributed by atoms with Gasteiger partial charge in [0.15, 0.2) is 0 Å². The van der Waals surface area contributed by atoms with Gasteiger partial charge in [-0.15, -0.1) is 15.0 Å². The van der Waals surface area contributed by atoms with Crippen molar-refractivity contribution < 1.29 is 5.11 Å². The van der Waals surface area contributed by atoms with Crippen LogP contribution in [-0.2, 0) is 6.61 Å². The van der Waals surface area contributed by atoms with Gasteiger partial charge in [0, 0.05) is 5.02 Å². The maximum atomic E-state index is 8.74. The first kappa shape index (κ1) is 9.11. The number of hydrogen-bond donors (Lipinski definition) is 1. The quantitative estimate of drug-likeness (QED) is 0.797. The number of aliphatic hydroxyl groups is 1.